The highest BCUT2D eigenvalue weighted by Crippen LogP contribution is 3.02. The molecule has 2 saturated carbocycles. The molecule has 38 heavy (non-hydrogen) atoms. The highest BCUT2D eigenvalue weighted by atomic mass is 35.5. The molecule has 17 heteroatoms. The molecule has 1 aromatic heterocycles. The number of hydrogen-bond acceptors (Lipinski definition) is 6. The maximum Gasteiger partial charge on any atom is 0.412 e. The van der Waals surface area contributed by atoms with E-state index in [-0.39, 0.29) is 37.1 Å². The highest BCUT2D eigenvalue weighted by Gasteiger charge is 2.66. The van der Waals surface area contributed by atoms with Gasteiger partial charge in [0.05, 0.1) is 34.8 Å². The van der Waals surface area contributed by atoms with Crippen molar-refractivity contribution in [2.45, 2.75) is 36.0 Å². The van der Waals surface area contributed by atoms with Crippen molar-refractivity contribution in [3.05, 3.63) is 33.4 Å². The molecule has 0 radical (unpaired) electrons. The van der Waals surface area contributed by atoms with E-state index in [1.807, 2.05) is 0 Å². The first-order valence-corrected chi connectivity index (χ1v) is 13.5. The fourth-order valence-electron chi connectivity index (χ4n) is 3.92. The van der Waals surface area contributed by atoms with E-state index in [1.165, 1.54) is 0 Å². The number of esters is 1. The van der Waals surface area contributed by atoms with Crippen molar-refractivity contribution in [2.75, 3.05) is 25.7 Å². The van der Waals surface area contributed by atoms with Gasteiger partial charge in [-0.1, -0.05) is 42.6 Å². The summed E-state index contributed by atoms with van der Waals surface area (Å²) >= 11 is 11.9. The second-order valence-electron chi connectivity index (χ2n) is 9.21. The number of amides is 1. The topological polar surface area (TPSA) is 106 Å². The van der Waals surface area contributed by atoms with Crippen LogP contribution in [0.1, 0.15) is 36.9 Å². The summed E-state index contributed by atoms with van der Waals surface area (Å²) in [5.74, 6) is -1.24. The monoisotopic (exact) mass is 606 g/mol. The van der Waals surface area contributed by atoms with Crippen LogP contribution >= 0.6 is 33.4 Å². The van der Waals surface area contributed by atoms with E-state index in [4.69, 9.17) is 32.7 Å². The standard InChI is InChI=1S/C21H18Cl2F6N4O4S/c1-36-18(34)21(4-5-21)15-14(8-30)32-33(17(15)31-19(35)37-10-20(9-24)2-3-20)16-12(22)6-11(7-13(16)23)38(25,26,27,28)29/h6-7H,2-5,9-10H2,1H3,(H,31,35). The zero-order chi connectivity index (χ0) is 28.4. The van der Waals surface area contributed by atoms with Crippen LogP contribution in [-0.4, -0.2) is 42.2 Å². The van der Waals surface area contributed by atoms with Crippen LogP contribution in [0.2, 0.25) is 10.0 Å². The summed E-state index contributed by atoms with van der Waals surface area (Å²) in [4.78, 5) is 22.9. The molecule has 1 heterocycles. The van der Waals surface area contributed by atoms with Crippen molar-refractivity contribution in [1.29, 1.82) is 5.26 Å². The Bertz CT molecular complexity index is 1380. The lowest BCUT2D eigenvalue weighted by atomic mass is 9.95. The summed E-state index contributed by atoms with van der Waals surface area (Å²) in [5.41, 5.74) is -3.50. The lowest BCUT2D eigenvalue weighted by Crippen LogP contribution is -2.26. The molecule has 0 saturated heterocycles. The predicted molar refractivity (Wildman–Crippen MR) is 125 cm³/mol. The van der Waals surface area contributed by atoms with Crippen molar-refractivity contribution in [2.24, 2.45) is 5.41 Å². The summed E-state index contributed by atoms with van der Waals surface area (Å²) in [5, 5.41) is 14.0. The summed E-state index contributed by atoms with van der Waals surface area (Å²) in [7, 11) is -9.11. The van der Waals surface area contributed by atoms with Gasteiger partial charge in [-0.3, -0.25) is 14.5 Å². The van der Waals surface area contributed by atoms with E-state index in [2.05, 4.69) is 10.4 Å². The fourth-order valence-corrected chi connectivity index (χ4v) is 5.37. The van der Waals surface area contributed by atoms with Crippen LogP contribution in [0, 0.1) is 16.7 Å². The van der Waals surface area contributed by atoms with Crippen molar-refractivity contribution in [1.82, 2.24) is 9.78 Å². The maximum atomic E-state index is 13.4. The molecule has 1 aromatic carbocycles. The molecule has 2 fully saturated rings. The molecule has 0 aliphatic heterocycles. The number of aromatic nitrogens is 2. The molecule has 4 rings (SSSR count). The number of carbonyl (C=O) groups excluding carboxylic acids is 2. The van der Waals surface area contributed by atoms with Gasteiger partial charge >= 0.3 is 22.3 Å². The molecule has 0 atom stereocenters. The Morgan fingerprint density at radius 2 is 1.74 bits per heavy atom. The third kappa shape index (κ3) is 5.08. The van der Waals surface area contributed by atoms with Gasteiger partial charge in [-0.2, -0.15) is 10.4 Å². The number of ether oxygens (including phenoxy) is 2. The molecular formula is C21H18Cl2F6N4O4S. The van der Waals surface area contributed by atoms with Crippen LogP contribution in [0.15, 0.2) is 17.0 Å². The van der Waals surface area contributed by atoms with E-state index >= 15 is 0 Å². The van der Waals surface area contributed by atoms with Gasteiger partial charge in [0.2, 0.25) is 0 Å². The van der Waals surface area contributed by atoms with Gasteiger partial charge in [-0.05, 0) is 37.8 Å². The number of methoxy groups -OCH3 is 1. The molecule has 2 aliphatic rings. The fraction of sp³-hybridized carbons (Fsp3) is 0.429. The molecule has 2 aliphatic carbocycles. The number of rotatable bonds is 8. The van der Waals surface area contributed by atoms with Crippen LogP contribution in [-0.2, 0) is 19.7 Å². The second-order valence-corrected chi connectivity index (χ2v) is 12.4. The van der Waals surface area contributed by atoms with Gasteiger partial charge in [0.1, 0.15) is 29.1 Å². The Morgan fingerprint density at radius 3 is 2.16 bits per heavy atom. The molecule has 1 N–H and O–H groups in total. The maximum absolute atomic E-state index is 13.4. The summed E-state index contributed by atoms with van der Waals surface area (Å²) in [6, 6.07) is 1.60. The number of nitrogens with one attached hydrogen (secondary N) is 1. The molecular weight excluding hydrogens is 589 g/mol. The predicted octanol–water partition coefficient (Wildman–Crippen LogP) is 7.21. The summed E-state index contributed by atoms with van der Waals surface area (Å²) in [6.45, 7) is -1.04. The highest BCUT2D eigenvalue weighted by molar-refractivity contribution is 8.45. The van der Waals surface area contributed by atoms with Gasteiger partial charge < -0.3 is 9.47 Å². The molecule has 1 amide bonds. The normalized spacial score (nSPS) is 18.9. The van der Waals surface area contributed by atoms with Crippen LogP contribution in [0.3, 0.4) is 0 Å². The number of halogens is 8. The Kier molecular flexibility index (Phi) is 6.18. The Labute approximate surface area is 221 Å². The van der Waals surface area contributed by atoms with Gasteiger partial charge in [0, 0.05) is 5.41 Å². The molecule has 0 bridgehead atoms. The number of anilines is 1. The Hall–Kier alpha value is -2.83. The van der Waals surface area contributed by atoms with Crippen LogP contribution in [0.5, 0.6) is 0 Å². The van der Waals surface area contributed by atoms with Crippen LogP contribution in [0.4, 0.5) is 34.4 Å². The first-order chi connectivity index (χ1) is 17.4. The number of carbonyl (C=O) groups is 2. The van der Waals surface area contributed by atoms with E-state index in [0.29, 0.717) is 17.5 Å². The first-order valence-electron chi connectivity index (χ1n) is 10.8. The summed E-state index contributed by atoms with van der Waals surface area (Å²) < 4.78 is 90.7. The zero-order valence-electron chi connectivity index (χ0n) is 19.3. The summed E-state index contributed by atoms with van der Waals surface area (Å²) in [6.07, 6.45) is 0.0910. The molecule has 0 unspecified atom stereocenters. The van der Waals surface area contributed by atoms with Gasteiger partial charge in [0.15, 0.2) is 5.69 Å². The Balaban J connectivity index is 1.87. The number of benzene rings is 1. The average molecular weight is 607 g/mol. The van der Waals surface area contributed by atoms with Gasteiger partial charge in [-0.15, -0.1) is 0 Å². The third-order valence-corrected chi connectivity index (χ3v) is 8.12. The van der Waals surface area contributed by atoms with E-state index < -0.39 is 71.9 Å². The molecule has 208 valence electrons. The van der Waals surface area contributed by atoms with Crippen molar-refractivity contribution in [3.8, 4) is 11.8 Å². The van der Waals surface area contributed by atoms with E-state index in [9.17, 15) is 38.7 Å². The lowest BCUT2D eigenvalue weighted by Gasteiger charge is -2.40. The second kappa shape index (κ2) is 8.33. The van der Waals surface area contributed by atoms with Crippen molar-refractivity contribution < 1.29 is 42.9 Å². The van der Waals surface area contributed by atoms with Crippen molar-refractivity contribution in [3.63, 3.8) is 0 Å². The minimum atomic E-state index is -10.2. The quantitative estimate of drug-likeness (QED) is 0.251. The molecule has 0 spiro atoms. The van der Waals surface area contributed by atoms with Crippen LogP contribution < -0.4 is 5.32 Å². The lowest BCUT2D eigenvalue weighted by molar-refractivity contribution is -0.143. The minimum Gasteiger partial charge on any atom is -0.468 e. The third-order valence-electron chi connectivity index (χ3n) is 6.41. The average Bonchev–Trinajstić information content (AvgIpc) is 3.74. The number of hydrogen-bond donors (Lipinski definition) is 1. The Morgan fingerprint density at radius 1 is 1.16 bits per heavy atom. The van der Waals surface area contributed by atoms with Gasteiger partial charge in [0.25, 0.3) is 0 Å². The number of alkyl halides is 1. The van der Waals surface area contributed by atoms with Crippen LogP contribution in [0.25, 0.3) is 5.69 Å². The first kappa shape index (κ1) is 28.2. The zero-order valence-corrected chi connectivity index (χ0v) is 21.6. The van der Waals surface area contributed by atoms with E-state index in [0.717, 1.165) is 7.11 Å². The largest absolute Gasteiger partial charge is 0.468 e. The number of nitriles is 1. The SMILES string of the molecule is COC(=O)C1(c2c(C#N)nn(-c3c(Cl)cc(S(F)(F)(F)(F)F)cc3Cl)c2NC(=O)OCC2(CF)CC2)CC1. The smallest absolute Gasteiger partial charge is 0.412 e. The molecule has 2 aromatic rings. The van der Waals surface area contributed by atoms with Crippen molar-refractivity contribution >= 4 is 51.3 Å². The minimum absolute atomic E-state index is 0.0644. The van der Waals surface area contributed by atoms with Gasteiger partial charge in [-0.25, -0.2) is 9.48 Å². The molecule has 8 nitrogen and oxygen atoms in total. The number of nitrogens with zero attached hydrogens (tertiary/aromatic N) is 3. The van der Waals surface area contributed by atoms with E-state index in [1.54, 1.807) is 6.07 Å².